The molecular formula is C7H10O2S. The predicted molar refractivity (Wildman–Crippen MR) is 41.8 cm³/mol. The zero-order valence-electron chi connectivity index (χ0n) is 6.14. The van der Waals surface area contributed by atoms with Crippen LogP contribution in [0.4, 0.5) is 0 Å². The van der Waals surface area contributed by atoms with Gasteiger partial charge in [0.05, 0.1) is 11.5 Å². The van der Waals surface area contributed by atoms with Crippen molar-refractivity contribution in [3.63, 3.8) is 0 Å². The number of carbonyl (C=O) groups excluding carboxylic acids is 1. The normalized spacial score (nSPS) is 18.6. The first-order valence-electron chi connectivity index (χ1n) is 3.19. The highest BCUT2D eigenvalue weighted by molar-refractivity contribution is 8.04. The van der Waals surface area contributed by atoms with Gasteiger partial charge < -0.3 is 4.74 Å². The molecule has 0 bridgehead atoms. The number of ether oxygens (including phenoxy) is 1. The van der Waals surface area contributed by atoms with Gasteiger partial charge in [0.25, 0.3) is 0 Å². The molecule has 0 fully saturated rings. The van der Waals surface area contributed by atoms with Crippen molar-refractivity contribution < 1.29 is 9.53 Å². The Kier molecular flexibility index (Phi) is 2.38. The van der Waals surface area contributed by atoms with Gasteiger partial charge in [-0.05, 0) is 13.8 Å². The highest BCUT2D eigenvalue weighted by Gasteiger charge is 2.14. The number of rotatable bonds is 1. The summed E-state index contributed by atoms with van der Waals surface area (Å²) in [6.07, 6.45) is 0. The topological polar surface area (TPSA) is 26.3 Å². The number of ketones is 1. The predicted octanol–water partition coefficient (Wildman–Crippen LogP) is 1.57. The van der Waals surface area contributed by atoms with Gasteiger partial charge in [0, 0.05) is 5.75 Å². The number of Topliss-reactive ketones (excluding diaryl/α,β-unsaturated/α-hetero) is 1. The van der Waals surface area contributed by atoms with Crippen LogP contribution in [0.25, 0.3) is 0 Å². The summed E-state index contributed by atoms with van der Waals surface area (Å²) >= 11 is 1.58. The standard InChI is InChI=1S/C7H10O2S/c1-5(8)7-6(2)9-3-4-10-7/h3-4H2,1-2H3. The van der Waals surface area contributed by atoms with Gasteiger partial charge in [0.1, 0.15) is 5.76 Å². The number of hydrogen-bond acceptors (Lipinski definition) is 3. The quantitative estimate of drug-likeness (QED) is 0.579. The fourth-order valence-corrected chi connectivity index (χ4v) is 1.69. The van der Waals surface area contributed by atoms with Crippen molar-refractivity contribution in [1.29, 1.82) is 0 Å². The van der Waals surface area contributed by atoms with E-state index in [4.69, 9.17) is 4.74 Å². The van der Waals surface area contributed by atoms with E-state index < -0.39 is 0 Å². The van der Waals surface area contributed by atoms with Gasteiger partial charge in [-0.15, -0.1) is 11.8 Å². The Morgan fingerprint density at radius 3 is 2.80 bits per heavy atom. The van der Waals surface area contributed by atoms with Gasteiger partial charge in [-0.25, -0.2) is 0 Å². The second-order valence-corrected chi connectivity index (χ2v) is 3.24. The van der Waals surface area contributed by atoms with Gasteiger partial charge in [-0.1, -0.05) is 0 Å². The van der Waals surface area contributed by atoms with Crippen LogP contribution in [-0.2, 0) is 9.53 Å². The summed E-state index contributed by atoms with van der Waals surface area (Å²) in [6.45, 7) is 4.14. The monoisotopic (exact) mass is 158 g/mol. The van der Waals surface area contributed by atoms with Crippen LogP contribution in [0.3, 0.4) is 0 Å². The molecule has 3 heteroatoms. The van der Waals surface area contributed by atoms with E-state index in [-0.39, 0.29) is 5.78 Å². The molecule has 0 radical (unpaired) electrons. The van der Waals surface area contributed by atoms with E-state index >= 15 is 0 Å². The van der Waals surface area contributed by atoms with Crippen LogP contribution < -0.4 is 0 Å². The van der Waals surface area contributed by atoms with Crippen molar-refractivity contribution in [1.82, 2.24) is 0 Å². The molecule has 0 N–H and O–H groups in total. The van der Waals surface area contributed by atoms with E-state index in [1.54, 1.807) is 18.7 Å². The fourth-order valence-electron chi connectivity index (χ4n) is 0.855. The van der Waals surface area contributed by atoms with Crippen molar-refractivity contribution in [3.05, 3.63) is 10.7 Å². The van der Waals surface area contributed by atoms with E-state index in [2.05, 4.69) is 0 Å². The average Bonchev–Trinajstić information content (AvgIpc) is 1.88. The zero-order valence-corrected chi connectivity index (χ0v) is 6.96. The molecule has 0 spiro atoms. The minimum atomic E-state index is 0.113. The molecule has 0 aromatic heterocycles. The lowest BCUT2D eigenvalue weighted by molar-refractivity contribution is -0.113. The van der Waals surface area contributed by atoms with E-state index in [1.807, 2.05) is 6.92 Å². The van der Waals surface area contributed by atoms with E-state index in [1.165, 1.54) is 0 Å². The van der Waals surface area contributed by atoms with Gasteiger partial charge in [0.15, 0.2) is 5.78 Å². The molecule has 10 heavy (non-hydrogen) atoms. The zero-order chi connectivity index (χ0) is 7.56. The summed E-state index contributed by atoms with van der Waals surface area (Å²) in [4.78, 5) is 11.6. The number of allylic oxidation sites excluding steroid dienone is 2. The molecule has 0 unspecified atom stereocenters. The molecule has 0 aromatic rings. The summed E-state index contributed by atoms with van der Waals surface area (Å²) < 4.78 is 5.19. The number of carbonyl (C=O) groups is 1. The van der Waals surface area contributed by atoms with Crippen molar-refractivity contribution in [2.24, 2.45) is 0 Å². The first kappa shape index (κ1) is 7.66. The Hall–Kier alpha value is -0.440. The SMILES string of the molecule is CC(=O)C1=C(C)OCCS1. The molecule has 2 nitrogen and oxygen atoms in total. The molecule has 0 aromatic carbocycles. The summed E-state index contributed by atoms with van der Waals surface area (Å²) in [5, 5.41) is 0. The highest BCUT2D eigenvalue weighted by Crippen LogP contribution is 2.25. The third kappa shape index (κ3) is 1.53. The van der Waals surface area contributed by atoms with Crippen molar-refractivity contribution in [2.75, 3.05) is 12.4 Å². The number of hydrogen-bond donors (Lipinski definition) is 0. The molecule has 0 aliphatic carbocycles. The summed E-state index contributed by atoms with van der Waals surface area (Å²) in [5.41, 5.74) is 0. The molecular weight excluding hydrogens is 148 g/mol. The minimum absolute atomic E-state index is 0.113. The lowest BCUT2D eigenvalue weighted by Crippen LogP contribution is -2.08. The molecule has 1 rings (SSSR count). The van der Waals surface area contributed by atoms with Crippen LogP contribution in [0.15, 0.2) is 10.7 Å². The van der Waals surface area contributed by atoms with Crippen LogP contribution in [0.2, 0.25) is 0 Å². The smallest absolute Gasteiger partial charge is 0.169 e. The first-order chi connectivity index (χ1) is 4.72. The molecule has 56 valence electrons. The largest absolute Gasteiger partial charge is 0.496 e. The molecule has 1 aliphatic rings. The summed E-state index contributed by atoms with van der Waals surface area (Å²) in [5.74, 6) is 1.79. The van der Waals surface area contributed by atoms with E-state index in [9.17, 15) is 4.79 Å². The molecule has 1 heterocycles. The van der Waals surface area contributed by atoms with Gasteiger partial charge >= 0.3 is 0 Å². The molecule has 1 aliphatic heterocycles. The molecule has 0 amide bonds. The van der Waals surface area contributed by atoms with Crippen molar-refractivity contribution in [2.45, 2.75) is 13.8 Å². The van der Waals surface area contributed by atoms with Gasteiger partial charge in [-0.2, -0.15) is 0 Å². The summed E-state index contributed by atoms with van der Waals surface area (Å²) in [7, 11) is 0. The number of thioether (sulfide) groups is 1. The third-order valence-electron chi connectivity index (χ3n) is 1.29. The van der Waals surface area contributed by atoms with Crippen LogP contribution in [0.5, 0.6) is 0 Å². The fraction of sp³-hybridized carbons (Fsp3) is 0.571. The molecule has 0 atom stereocenters. The maximum Gasteiger partial charge on any atom is 0.169 e. The lowest BCUT2D eigenvalue weighted by Gasteiger charge is -2.15. The Bertz CT molecular complexity index is 184. The second kappa shape index (κ2) is 3.10. The Morgan fingerprint density at radius 2 is 2.40 bits per heavy atom. The van der Waals surface area contributed by atoms with E-state index in [0.717, 1.165) is 23.0 Å². The Balaban J connectivity index is 2.78. The third-order valence-corrected chi connectivity index (χ3v) is 2.52. The van der Waals surface area contributed by atoms with Crippen LogP contribution in [0.1, 0.15) is 13.8 Å². The van der Waals surface area contributed by atoms with Crippen LogP contribution >= 0.6 is 11.8 Å². The minimum Gasteiger partial charge on any atom is -0.496 e. The van der Waals surface area contributed by atoms with Crippen LogP contribution in [0, 0.1) is 0 Å². The Labute approximate surface area is 64.6 Å². The maximum absolute atomic E-state index is 10.9. The van der Waals surface area contributed by atoms with Crippen LogP contribution in [-0.4, -0.2) is 18.1 Å². The summed E-state index contributed by atoms with van der Waals surface area (Å²) in [6, 6.07) is 0. The molecule has 0 saturated carbocycles. The van der Waals surface area contributed by atoms with Gasteiger partial charge in [-0.3, -0.25) is 4.79 Å². The lowest BCUT2D eigenvalue weighted by atomic mass is 10.3. The highest BCUT2D eigenvalue weighted by atomic mass is 32.2. The molecule has 0 saturated heterocycles. The van der Waals surface area contributed by atoms with Gasteiger partial charge in [0.2, 0.25) is 0 Å². The first-order valence-corrected chi connectivity index (χ1v) is 4.18. The van der Waals surface area contributed by atoms with Crippen molar-refractivity contribution >= 4 is 17.5 Å². The second-order valence-electron chi connectivity index (χ2n) is 2.14. The van der Waals surface area contributed by atoms with E-state index in [0.29, 0.717) is 0 Å². The Morgan fingerprint density at radius 1 is 1.70 bits per heavy atom. The average molecular weight is 158 g/mol. The maximum atomic E-state index is 10.9. The van der Waals surface area contributed by atoms with Crippen molar-refractivity contribution in [3.8, 4) is 0 Å².